The van der Waals surface area contributed by atoms with Crippen molar-refractivity contribution in [3.8, 4) is 0 Å². The molecule has 0 saturated carbocycles. The second-order valence-electron chi connectivity index (χ2n) is 7.50. The first-order valence-corrected chi connectivity index (χ1v) is 8.93. The monoisotopic (exact) mass is 378 g/mol. The Hall–Kier alpha value is -2.57. The predicted molar refractivity (Wildman–Crippen MR) is 102 cm³/mol. The first kappa shape index (κ1) is 22.5. The van der Waals surface area contributed by atoms with Crippen LogP contribution in [0.5, 0.6) is 0 Å². The number of benzene rings is 1. The van der Waals surface area contributed by atoms with Crippen molar-refractivity contribution in [1.82, 2.24) is 10.2 Å². The fraction of sp³-hybridized carbons (Fsp3) is 0.550. The van der Waals surface area contributed by atoms with Crippen molar-refractivity contribution in [2.24, 2.45) is 5.92 Å². The molecule has 0 aliphatic rings. The number of nitrogens with one attached hydrogen (secondary N) is 1. The molecule has 7 nitrogen and oxygen atoms in total. The predicted octanol–water partition coefficient (Wildman–Crippen LogP) is 2.74. The highest BCUT2D eigenvalue weighted by molar-refractivity contribution is 5.85. The largest absolute Gasteiger partial charge is 0.469 e. The first-order valence-electron chi connectivity index (χ1n) is 8.93. The van der Waals surface area contributed by atoms with Crippen LogP contribution in [0.3, 0.4) is 0 Å². The van der Waals surface area contributed by atoms with Gasteiger partial charge in [-0.25, -0.2) is 4.79 Å². The number of hydrogen-bond acceptors (Lipinski definition) is 5. The van der Waals surface area contributed by atoms with E-state index in [-0.39, 0.29) is 12.5 Å². The lowest BCUT2D eigenvalue weighted by Crippen LogP contribution is -2.49. The van der Waals surface area contributed by atoms with E-state index in [1.807, 2.05) is 30.3 Å². The quantitative estimate of drug-likeness (QED) is 0.738. The number of nitrogens with zero attached hydrogens (tertiary/aromatic N) is 1. The molecule has 0 radical (unpaired) electrons. The molecule has 27 heavy (non-hydrogen) atoms. The number of rotatable bonds is 7. The number of amides is 2. The number of carbonyl (C=O) groups excluding carboxylic acids is 3. The maximum absolute atomic E-state index is 12.9. The van der Waals surface area contributed by atoms with Crippen molar-refractivity contribution in [2.45, 2.75) is 52.8 Å². The van der Waals surface area contributed by atoms with Gasteiger partial charge in [0.05, 0.1) is 13.0 Å². The molecule has 1 N–H and O–H groups in total. The van der Waals surface area contributed by atoms with Crippen molar-refractivity contribution in [1.29, 1.82) is 0 Å². The van der Waals surface area contributed by atoms with Gasteiger partial charge < -0.3 is 19.7 Å². The van der Waals surface area contributed by atoms with Crippen LogP contribution >= 0.6 is 0 Å². The van der Waals surface area contributed by atoms with Crippen molar-refractivity contribution < 1.29 is 23.9 Å². The number of ether oxygens (including phenoxy) is 2. The maximum Gasteiger partial charge on any atom is 0.408 e. The van der Waals surface area contributed by atoms with Crippen LogP contribution in [-0.2, 0) is 25.6 Å². The molecule has 0 heterocycles. The highest BCUT2D eigenvalue weighted by Gasteiger charge is 2.27. The van der Waals surface area contributed by atoms with E-state index >= 15 is 0 Å². The second kappa shape index (κ2) is 9.94. The highest BCUT2D eigenvalue weighted by atomic mass is 16.6. The molecule has 1 rings (SSSR count). The minimum atomic E-state index is -0.798. The van der Waals surface area contributed by atoms with Gasteiger partial charge in [0.25, 0.3) is 0 Å². The average molecular weight is 378 g/mol. The van der Waals surface area contributed by atoms with Gasteiger partial charge in [-0.2, -0.15) is 0 Å². The van der Waals surface area contributed by atoms with Gasteiger partial charge in [0, 0.05) is 13.1 Å². The van der Waals surface area contributed by atoms with E-state index in [4.69, 9.17) is 9.47 Å². The number of methoxy groups -OCH3 is 1. The molecule has 1 unspecified atom stereocenters. The fourth-order valence-corrected chi connectivity index (χ4v) is 2.46. The molecule has 1 aromatic carbocycles. The molecule has 7 heteroatoms. The molecule has 0 fully saturated rings. The smallest absolute Gasteiger partial charge is 0.408 e. The number of esters is 1. The Morgan fingerprint density at radius 1 is 1.11 bits per heavy atom. The Balaban J connectivity index is 2.87. The third-order valence-electron chi connectivity index (χ3n) is 3.73. The van der Waals surface area contributed by atoms with Crippen LogP contribution in [0.15, 0.2) is 30.3 Å². The van der Waals surface area contributed by atoms with Gasteiger partial charge in [0.2, 0.25) is 5.91 Å². The molecular formula is C20H30N2O5. The molecular weight excluding hydrogens is 348 g/mol. The van der Waals surface area contributed by atoms with E-state index in [9.17, 15) is 14.4 Å². The summed E-state index contributed by atoms with van der Waals surface area (Å²) in [4.78, 5) is 38.2. The van der Waals surface area contributed by atoms with Crippen LogP contribution in [0, 0.1) is 5.92 Å². The first-order chi connectivity index (χ1) is 12.5. The lowest BCUT2D eigenvalue weighted by atomic mass is 10.1. The van der Waals surface area contributed by atoms with E-state index in [0.717, 1.165) is 5.56 Å². The van der Waals surface area contributed by atoms with Gasteiger partial charge in [-0.3, -0.25) is 9.59 Å². The van der Waals surface area contributed by atoms with Crippen LogP contribution in [-0.4, -0.2) is 48.2 Å². The molecule has 2 atom stereocenters. The summed E-state index contributed by atoms with van der Waals surface area (Å²) in [6.45, 7) is 9.04. The zero-order valence-electron chi connectivity index (χ0n) is 16.9. The lowest BCUT2D eigenvalue weighted by molar-refractivity contribution is -0.146. The summed E-state index contributed by atoms with van der Waals surface area (Å²) in [5, 5.41) is 2.55. The lowest BCUT2D eigenvalue weighted by Gasteiger charge is -2.29. The molecule has 0 aromatic heterocycles. The Bertz CT molecular complexity index is 640. The normalized spacial score (nSPS) is 13.3. The molecule has 1 aromatic rings. The van der Waals surface area contributed by atoms with Gasteiger partial charge >= 0.3 is 12.1 Å². The average Bonchev–Trinajstić information content (AvgIpc) is 2.58. The van der Waals surface area contributed by atoms with Gasteiger partial charge in [-0.05, 0) is 33.3 Å². The fourth-order valence-electron chi connectivity index (χ4n) is 2.46. The summed E-state index contributed by atoms with van der Waals surface area (Å²) < 4.78 is 9.95. The van der Waals surface area contributed by atoms with E-state index in [2.05, 4.69) is 5.32 Å². The van der Waals surface area contributed by atoms with Crippen LogP contribution in [0.2, 0.25) is 0 Å². The second-order valence-corrected chi connectivity index (χ2v) is 7.50. The van der Waals surface area contributed by atoms with Crippen molar-refractivity contribution in [3.63, 3.8) is 0 Å². The van der Waals surface area contributed by atoms with Crippen molar-refractivity contribution in [2.75, 3.05) is 13.7 Å². The third-order valence-corrected chi connectivity index (χ3v) is 3.73. The molecule has 0 bridgehead atoms. The van der Waals surface area contributed by atoms with E-state index in [1.54, 1.807) is 39.5 Å². The van der Waals surface area contributed by atoms with Gasteiger partial charge in [0.1, 0.15) is 11.6 Å². The summed E-state index contributed by atoms with van der Waals surface area (Å²) in [5.41, 5.74) is 0.267. The van der Waals surface area contributed by atoms with Crippen LogP contribution in [0.4, 0.5) is 4.79 Å². The Morgan fingerprint density at radius 2 is 1.70 bits per heavy atom. The van der Waals surface area contributed by atoms with E-state index in [0.29, 0.717) is 6.54 Å². The number of hydrogen-bond donors (Lipinski definition) is 1. The Labute approximate surface area is 161 Å². The van der Waals surface area contributed by atoms with Crippen LogP contribution < -0.4 is 5.32 Å². The summed E-state index contributed by atoms with van der Waals surface area (Å²) in [6, 6.07) is 8.64. The van der Waals surface area contributed by atoms with E-state index in [1.165, 1.54) is 7.11 Å². The summed E-state index contributed by atoms with van der Waals surface area (Å²) in [6.07, 6.45) is -0.663. The third kappa shape index (κ3) is 8.11. The van der Waals surface area contributed by atoms with Crippen molar-refractivity contribution >= 4 is 18.0 Å². The summed E-state index contributed by atoms with van der Waals surface area (Å²) in [7, 11) is 1.31. The number of carbonyl (C=O) groups is 3. The Morgan fingerprint density at radius 3 is 2.22 bits per heavy atom. The molecule has 0 spiro atoms. The SMILES string of the molecule is COC(=O)C(C)CN(Cc1ccccc1)C(=O)[C@@H](C)NC(=O)OC(C)(C)C. The van der Waals surface area contributed by atoms with E-state index < -0.39 is 29.6 Å². The zero-order valence-corrected chi connectivity index (χ0v) is 16.9. The standard InChI is InChI=1S/C20H30N2O5/c1-14(18(24)26-6)12-22(13-16-10-8-7-9-11-16)17(23)15(2)21-19(25)27-20(3,4)5/h7-11,14-15H,12-13H2,1-6H3,(H,21,25)/t14?,15-/m1/s1. The molecule has 0 saturated heterocycles. The molecule has 150 valence electrons. The maximum atomic E-state index is 12.9. The highest BCUT2D eigenvalue weighted by Crippen LogP contribution is 2.12. The minimum Gasteiger partial charge on any atom is -0.469 e. The minimum absolute atomic E-state index is 0.181. The van der Waals surface area contributed by atoms with Gasteiger partial charge in [-0.15, -0.1) is 0 Å². The molecule has 0 aliphatic carbocycles. The van der Waals surface area contributed by atoms with Crippen molar-refractivity contribution in [3.05, 3.63) is 35.9 Å². The number of alkyl carbamates (subject to hydrolysis) is 1. The van der Waals surface area contributed by atoms with Gasteiger partial charge in [0.15, 0.2) is 0 Å². The molecule has 2 amide bonds. The topological polar surface area (TPSA) is 84.9 Å². The van der Waals surface area contributed by atoms with Crippen LogP contribution in [0.1, 0.15) is 40.2 Å². The summed E-state index contributed by atoms with van der Waals surface area (Å²) in [5.74, 6) is -1.19. The molecule has 0 aliphatic heterocycles. The van der Waals surface area contributed by atoms with Crippen LogP contribution in [0.25, 0.3) is 0 Å². The van der Waals surface area contributed by atoms with Gasteiger partial charge in [-0.1, -0.05) is 37.3 Å². The summed E-state index contributed by atoms with van der Waals surface area (Å²) >= 11 is 0. The Kier molecular flexibility index (Phi) is 8.28. The zero-order chi connectivity index (χ0) is 20.6.